The molecule has 94 valence electrons. The number of nitrogens with zero attached hydrogens (tertiary/aromatic N) is 1. The van der Waals surface area contributed by atoms with Crippen molar-refractivity contribution in [1.29, 1.82) is 0 Å². The standard InChI is InChI=1S/C12H12N2O3S/c1-17-11-6-2-3-7-12(11)18(15,16)14-10-5-4-8-13-9-10/h2-9,14H,1H3. The summed E-state index contributed by atoms with van der Waals surface area (Å²) in [4.78, 5) is 3.94. The Bertz CT molecular complexity index is 627. The maximum absolute atomic E-state index is 12.2. The van der Waals surface area contributed by atoms with Gasteiger partial charge in [-0.3, -0.25) is 9.71 Å². The topological polar surface area (TPSA) is 68.3 Å². The summed E-state index contributed by atoms with van der Waals surface area (Å²) in [5.74, 6) is 0.300. The van der Waals surface area contributed by atoms with Gasteiger partial charge in [0.1, 0.15) is 10.6 Å². The van der Waals surface area contributed by atoms with E-state index >= 15 is 0 Å². The molecular formula is C12H12N2O3S. The van der Waals surface area contributed by atoms with Crippen LogP contribution in [0.15, 0.2) is 53.7 Å². The molecule has 0 radical (unpaired) electrons. The highest BCUT2D eigenvalue weighted by atomic mass is 32.2. The summed E-state index contributed by atoms with van der Waals surface area (Å²) in [7, 11) is -2.24. The van der Waals surface area contributed by atoms with Gasteiger partial charge in [-0.05, 0) is 24.3 Å². The minimum Gasteiger partial charge on any atom is -0.495 e. The molecule has 0 aliphatic heterocycles. The Hall–Kier alpha value is -2.08. The summed E-state index contributed by atoms with van der Waals surface area (Å²) >= 11 is 0. The summed E-state index contributed by atoms with van der Waals surface area (Å²) in [5, 5.41) is 0. The summed E-state index contributed by atoms with van der Waals surface area (Å²) in [5.41, 5.74) is 0.406. The second-order valence-corrected chi connectivity index (χ2v) is 5.15. The minimum atomic E-state index is -3.67. The molecule has 5 nitrogen and oxygen atoms in total. The molecule has 2 rings (SSSR count). The van der Waals surface area contributed by atoms with Crippen LogP contribution in [0.25, 0.3) is 0 Å². The van der Waals surface area contributed by atoms with Crippen LogP contribution in [0.5, 0.6) is 5.75 Å². The highest BCUT2D eigenvalue weighted by Crippen LogP contribution is 2.24. The van der Waals surface area contributed by atoms with Crippen LogP contribution in [0, 0.1) is 0 Å². The van der Waals surface area contributed by atoms with Crippen molar-refractivity contribution >= 4 is 15.7 Å². The highest BCUT2D eigenvalue weighted by Gasteiger charge is 2.18. The zero-order valence-electron chi connectivity index (χ0n) is 9.70. The lowest BCUT2D eigenvalue weighted by Gasteiger charge is -2.10. The van der Waals surface area contributed by atoms with Gasteiger partial charge < -0.3 is 4.74 Å². The number of hydrogen-bond acceptors (Lipinski definition) is 4. The fourth-order valence-corrected chi connectivity index (χ4v) is 2.69. The third-order valence-corrected chi connectivity index (χ3v) is 3.69. The van der Waals surface area contributed by atoms with E-state index in [4.69, 9.17) is 4.74 Å². The molecule has 0 aliphatic carbocycles. The SMILES string of the molecule is COc1ccccc1S(=O)(=O)Nc1cccnc1. The largest absolute Gasteiger partial charge is 0.495 e. The predicted molar refractivity (Wildman–Crippen MR) is 68.0 cm³/mol. The van der Waals surface area contributed by atoms with Gasteiger partial charge >= 0.3 is 0 Å². The molecule has 0 saturated heterocycles. The molecule has 1 N–H and O–H groups in total. The highest BCUT2D eigenvalue weighted by molar-refractivity contribution is 7.92. The number of rotatable bonds is 4. The molecule has 1 heterocycles. The maximum Gasteiger partial charge on any atom is 0.265 e. The van der Waals surface area contributed by atoms with E-state index in [0.717, 1.165) is 0 Å². The van der Waals surface area contributed by atoms with E-state index in [1.54, 1.807) is 36.5 Å². The fraction of sp³-hybridized carbons (Fsp3) is 0.0833. The van der Waals surface area contributed by atoms with Crippen LogP contribution in [0.4, 0.5) is 5.69 Å². The quantitative estimate of drug-likeness (QED) is 0.915. The van der Waals surface area contributed by atoms with Crippen molar-refractivity contribution in [3.8, 4) is 5.75 Å². The van der Waals surface area contributed by atoms with Crippen LogP contribution in [0.2, 0.25) is 0 Å². The molecule has 2 aromatic rings. The first-order chi connectivity index (χ1) is 8.63. The number of methoxy groups -OCH3 is 1. The van der Waals surface area contributed by atoms with E-state index in [0.29, 0.717) is 11.4 Å². The lowest BCUT2D eigenvalue weighted by atomic mass is 10.3. The second kappa shape index (κ2) is 5.05. The van der Waals surface area contributed by atoms with Crippen LogP contribution >= 0.6 is 0 Å². The zero-order valence-corrected chi connectivity index (χ0v) is 10.5. The average molecular weight is 264 g/mol. The number of hydrogen-bond donors (Lipinski definition) is 1. The maximum atomic E-state index is 12.2. The monoisotopic (exact) mass is 264 g/mol. The number of nitrogens with one attached hydrogen (secondary N) is 1. The van der Waals surface area contributed by atoms with Gasteiger partial charge in [0, 0.05) is 6.20 Å². The Morgan fingerprint density at radius 2 is 1.94 bits per heavy atom. The third-order valence-electron chi connectivity index (χ3n) is 2.27. The van der Waals surface area contributed by atoms with Gasteiger partial charge in [-0.1, -0.05) is 12.1 Å². The first-order valence-electron chi connectivity index (χ1n) is 5.19. The van der Waals surface area contributed by atoms with Crippen LogP contribution in [-0.4, -0.2) is 20.5 Å². The Balaban J connectivity index is 2.37. The van der Waals surface area contributed by atoms with E-state index in [1.165, 1.54) is 19.4 Å². The Morgan fingerprint density at radius 1 is 1.17 bits per heavy atom. The van der Waals surface area contributed by atoms with Crippen molar-refractivity contribution in [3.63, 3.8) is 0 Å². The third kappa shape index (κ3) is 2.60. The Kier molecular flexibility index (Phi) is 3.47. The molecule has 0 atom stereocenters. The molecule has 18 heavy (non-hydrogen) atoms. The number of sulfonamides is 1. The number of benzene rings is 1. The molecular weight excluding hydrogens is 252 g/mol. The number of pyridine rings is 1. The van der Waals surface area contributed by atoms with Gasteiger partial charge in [-0.25, -0.2) is 8.42 Å². The van der Waals surface area contributed by atoms with Gasteiger partial charge in [0.2, 0.25) is 0 Å². The van der Waals surface area contributed by atoms with E-state index in [1.807, 2.05) is 0 Å². The summed E-state index contributed by atoms with van der Waals surface area (Å²) in [6.45, 7) is 0. The second-order valence-electron chi connectivity index (χ2n) is 3.50. The van der Waals surface area contributed by atoms with E-state index in [2.05, 4.69) is 9.71 Å². The van der Waals surface area contributed by atoms with Gasteiger partial charge in [0.15, 0.2) is 0 Å². The van der Waals surface area contributed by atoms with Gasteiger partial charge in [0.05, 0.1) is 19.0 Å². The lowest BCUT2D eigenvalue weighted by molar-refractivity contribution is 0.403. The molecule has 0 amide bonds. The Morgan fingerprint density at radius 3 is 2.61 bits per heavy atom. The van der Waals surface area contributed by atoms with Gasteiger partial charge in [-0.2, -0.15) is 0 Å². The number of para-hydroxylation sites is 1. The molecule has 0 spiro atoms. The number of aromatic nitrogens is 1. The number of ether oxygens (including phenoxy) is 1. The molecule has 0 bridgehead atoms. The Labute approximate surface area is 105 Å². The smallest absolute Gasteiger partial charge is 0.265 e. The van der Waals surface area contributed by atoms with E-state index in [9.17, 15) is 8.42 Å². The van der Waals surface area contributed by atoms with E-state index < -0.39 is 10.0 Å². The predicted octanol–water partition coefficient (Wildman–Crippen LogP) is 1.89. The summed E-state index contributed by atoms with van der Waals surface area (Å²) in [6.07, 6.45) is 3.01. The molecule has 6 heteroatoms. The molecule has 0 fully saturated rings. The zero-order chi connectivity index (χ0) is 13.0. The molecule has 1 aromatic heterocycles. The molecule has 1 aromatic carbocycles. The van der Waals surface area contributed by atoms with Crippen molar-refractivity contribution in [2.45, 2.75) is 4.90 Å². The van der Waals surface area contributed by atoms with Crippen LogP contribution in [0.1, 0.15) is 0 Å². The van der Waals surface area contributed by atoms with Crippen LogP contribution in [-0.2, 0) is 10.0 Å². The minimum absolute atomic E-state index is 0.0938. The van der Waals surface area contributed by atoms with Crippen molar-refractivity contribution in [2.24, 2.45) is 0 Å². The van der Waals surface area contributed by atoms with Crippen molar-refractivity contribution in [2.75, 3.05) is 11.8 Å². The van der Waals surface area contributed by atoms with Gasteiger partial charge in [0.25, 0.3) is 10.0 Å². The normalized spacial score (nSPS) is 10.9. The lowest BCUT2D eigenvalue weighted by Crippen LogP contribution is -2.14. The van der Waals surface area contributed by atoms with Crippen molar-refractivity contribution in [1.82, 2.24) is 4.98 Å². The van der Waals surface area contributed by atoms with Crippen molar-refractivity contribution < 1.29 is 13.2 Å². The number of anilines is 1. The molecule has 0 unspecified atom stereocenters. The average Bonchev–Trinajstić information content (AvgIpc) is 2.39. The summed E-state index contributed by atoms with van der Waals surface area (Å²) < 4.78 is 31.8. The van der Waals surface area contributed by atoms with Crippen molar-refractivity contribution in [3.05, 3.63) is 48.8 Å². The van der Waals surface area contributed by atoms with Gasteiger partial charge in [-0.15, -0.1) is 0 Å². The summed E-state index contributed by atoms with van der Waals surface area (Å²) in [6, 6.07) is 9.71. The molecule has 0 saturated carbocycles. The van der Waals surface area contributed by atoms with Crippen LogP contribution < -0.4 is 9.46 Å². The van der Waals surface area contributed by atoms with E-state index in [-0.39, 0.29) is 4.90 Å². The van der Waals surface area contributed by atoms with Crippen LogP contribution in [0.3, 0.4) is 0 Å². The first kappa shape index (κ1) is 12.4. The fourth-order valence-electron chi connectivity index (χ4n) is 1.47. The molecule has 0 aliphatic rings. The first-order valence-corrected chi connectivity index (χ1v) is 6.67.